The van der Waals surface area contributed by atoms with Crippen LogP contribution in [0.25, 0.3) is 0 Å². The summed E-state index contributed by atoms with van der Waals surface area (Å²) in [6.07, 6.45) is -0.753. The average molecular weight is 377 g/mol. The molecule has 0 spiro atoms. The molecule has 1 unspecified atom stereocenters. The number of nitrogens with one attached hydrogen (secondary N) is 1. The van der Waals surface area contributed by atoms with Crippen molar-refractivity contribution in [2.24, 2.45) is 5.14 Å². The van der Waals surface area contributed by atoms with Gasteiger partial charge in [0, 0.05) is 11.4 Å². The number of nitrogens with two attached hydrogens (primary N) is 2. The zero-order valence-electron chi connectivity index (χ0n) is 14.0. The summed E-state index contributed by atoms with van der Waals surface area (Å²) in [6, 6.07) is 11.6. The lowest BCUT2D eigenvalue weighted by Crippen LogP contribution is -2.32. The van der Waals surface area contributed by atoms with E-state index < -0.39 is 28.0 Å². The summed E-state index contributed by atoms with van der Waals surface area (Å²) < 4.78 is 27.7. The molecule has 5 N–H and O–H groups in total. The van der Waals surface area contributed by atoms with Crippen LogP contribution in [0.3, 0.4) is 0 Å². The molecule has 0 aliphatic heterocycles. The molecule has 0 bridgehead atoms. The van der Waals surface area contributed by atoms with E-state index >= 15 is 0 Å². The number of sulfonamides is 1. The molecule has 0 aromatic heterocycles. The summed E-state index contributed by atoms with van der Waals surface area (Å²) in [5, 5.41) is 7.58. The van der Waals surface area contributed by atoms with Crippen molar-refractivity contribution in [2.45, 2.75) is 24.3 Å². The second-order valence-electron chi connectivity index (χ2n) is 5.49. The van der Waals surface area contributed by atoms with Crippen molar-refractivity contribution >= 4 is 33.3 Å². The van der Waals surface area contributed by atoms with Gasteiger partial charge in [0.1, 0.15) is 0 Å². The topological polar surface area (TPSA) is 142 Å². The Labute approximate surface area is 151 Å². The molecule has 2 aromatic rings. The van der Waals surface area contributed by atoms with Crippen LogP contribution in [0.2, 0.25) is 0 Å². The van der Waals surface area contributed by atoms with Crippen molar-refractivity contribution in [3.05, 3.63) is 54.1 Å². The maximum absolute atomic E-state index is 12.3. The van der Waals surface area contributed by atoms with Gasteiger partial charge < -0.3 is 15.8 Å². The van der Waals surface area contributed by atoms with Crippen LogP contribution in [0.4, 0.5) is 11.4 Å². The molecule has 2 rings (SSSR count). The van der Waals surface area contributed by atoms with Gasteiger partial charge >= 0.3 is 5.97 Å². The van der Waals surface area contributed by atoms with Crippen molar-refractivity contribution in [2.75, 3.05) is 11.1 Å². The van der Waals surface area contributed by atoms with Gasteiger partial charge in [-0.05, 0) is 48.9 Å². The second-order valence-corrected chi connectivity index (χ2v) is 7.05. The van der Waals surface area contributed by atoms with Crippen molar-refractivity contribution in [3.8, 4) is 0 Å². The number of esters is 1. The maximum Gasteiger partial charge on any atom is 0.338 e. The molecule has 0 heterocycles. The highest BCUT2D eigenvalue weighted by molar-refractivity contribution is 7.89. The van der Waals surface area contributed by atoms with E-state index in [9.17, 15) is 18.0 Å². The molecule has 26 heavy (non-hydrogen) atoms. The first-order chi connectivity index (χ1) is 12.2. The molecule has 1 amide bonds. The van der Waals surface area contributed by atoms with E-state index in [2.05, 4.69) is 5.32 Å². The normalized spacial score (nSPS) is 12.2. The minimum atomic E-state index is -3.81. The van der Waals surface area contributed by atoms with Crippen molar-refractivity contribution in [3.63, 3.8) is 0 Å². The monoisotopic (exact) mass is 377 g/mol. The first-order valence-electron chi connectivity index (χ1n) is 7.71. The van der Waals surface area contributed by atoms with Crippen molar-refractivity contribution in [1.82, 2.24) is 0 Å². The number of carbonyl (C=O) groups is 2. The van der Waals surface area contributed by atoms with Gasteiger partial charge in [-0.15, -0.1) is 0 Å². The summed E-state index contributed by atoms with van der Waals surface area (Å²) in [5.41, 5.74) is 6.63. The van der Waals surface area contributed by atoms with Gasteiger partial charge in [0.25, 0.3) is 5.91 Å². The fourth-order valence-electron chi connectivity index (χ4n) is 2.14. The molecule has 0 fully saturated rings. The predicted octanol–water partition coefficient (Wildman–Crippen LogP) is 1.49. The number of ether oxygens (including phenoxy) is 1. The highest BCUT2D eigenvalue weighted by atomic mass is 32.2. The lowest BCUT2D eigenvalue weighted by Gasteiger charge is -2.16. The first kappa shape index (κ1) is 19.4. The Morgan fingerprint density at radius 2 is 1.81 bits per heavy atom. The predicted molar refractivity (Wildman–Crippen MR) is 96.8 cm³/mol. The highest BCUT2D eigenvalue weighted by Crippen LogP contribution is 2.15. The summed E-state index contributed by atoms with van der Waals surface area (Å²) in [5.74, 6) is -1.20. The van der Waals surface area contributed by atoms with Crippen molar-refractivity contribution in [1.29, 1.82) is 0 Å². The SMILES string of the molecule is CCC(OC(=O)c1cccc(N)c1)C(=O)Nc1ccc(S(N)(=O)=O)cc1. The fourth-order valence-corrected chi connectivity index (χ4v) is 2.65. The number of hydrogen-bond acceptors (Lipinski definition) is 6. The molecule has 0 aliphatic carbocycles. The summed E-state index contributed by atoms with van der Waals surface area (Å²) in [4.78, 5) is 24.4. The summed E-state index contributed by atoms with van der Waals surface area (Å²) in [7, 11) is -3.81. The molecule has 138 valence electrons. The fraction of sp³-hybridized carbons (Fsp3) is 0.176. The lowest BCUT2D eigenvalue weighted by atomic mass is 10.2. The highest BCUT2D eigenvalue weighted by Gasteiger charge is 2.22. The van der Waals surface area contributed by atoms with E-state index in [-0.39, 0.29) is 16.9 Å². The van der Waals surface area contributed by atoms with Gasteiger partial charge in [0.15, 0.2) is 6.10 Å². The molecular formula is C17H19N3O5S. The molecule has 0 aliphatic rings. The lowest BCUT2D eigenvalue weighted by molar-refractivity contribution is -0.124. The Kier molecular flexibility index (Phi) is 5.96. The quantitative estimate of drug-likeness (QED) is 0.514. The number of carbonyl (C=O) groups excluding carboxylic acids is 2. The molecule has 9 heteroatoms. The summed E-state index contributed by atoms with van der Waals surface area (Å²) >= 11 is 0. The van der Waals surface area contributed by atoms with Gasteiger partial charge in [-0.1, -0.05) is 13.0 Å². The molecule has 0 saturated carbocycles. The Morgan fingerprint density at radius 3 is 2.35 bits per heavy atom. The Hall–Kier alpha value is -2.91. The van der Waals surface area contributed by atoms with E-state index in [4.69, 9.17) is 15.6 Å². The van der Waals surface area contributed by atoms with E-state index in [1.165, 1.54) is 36.4 Å². The van der Waals surface area contributed by atoms with Crippen LogP contribution >= 0.6 is 0 Å². The van der Waals surface area contributed by atoms with Gasteiger partial charge in [0.05, 0.1) is 10.5 Å². The minimum Gasteiger partial charge on any atom is -0.449 e. The van der Waals surface area contributed by atoms with Crippen LogP contribution in [0.5, 0.6) is 0 Å². The summed E-state index contributed by atoms with van der Waals surface area (Å²) in [6.45, 7) is 1.70. The molecule has 0 radical (unpaired) electrons. The third-order valence-electron chi connectivity index (χ3n) is 3.49. The molecule has 8 nitrogen and oxygen atoms in total. The molecule has 2 aromatic carbocycles. The van der Waals surface area contributed by atoms with Crippen LogP contribution in [-0.2, 0) is 19.6 Å². The van der Waals surface area contributed by atoms with Crippen LogP contribution in [0.1, 0.15) is 23.7 Å². The van der Waals surface area contributed by atoms with Gasteiger partial charge in [0.2, 0.25) is 10.0 Å². The molecule has 1 atom stereocenters. The van der Waals surface area contributed by atoms with Crippen LogP contribution in [0.15, 0.2) is 53.4 Å². The first-order valence-corrected chi connectivity index (χ1v) is 9.25. The zero-order chi connectivity index (χ0) is 19.3. The smallest absolute Gasteiger partial charge is 0.338 e. The minimum absolute atomic E-state index is 0.0735. The number of amides is 1. The van der Waals surface area contributed by atoms with Crippen LogP contribution < -0.4 is 16.2 Å². The van der Waals surface area contributed by atoms with Crippen molar-refractivity contribution < 1.29 is 22.7 Å². The standard InChI is InChI=1S/C17H19N3O5S/c1-2-15(25-17(22)11-4-3-5-12(18)10-11)16(21)20-13-6-8-14(9-7-13)26(19,23)24/h3-10,15H,2,18H2,1H3,(H,20,21)(H2,19,23,24). The van der Waals surface area contributed by atoms with E-state index in [0.717, 1.165) is 0 Å². The third kappa shape index (κ3) is 5.04. The number of hydrogen-bond donors (Lipinski definition) is 3. The molecular weight excluding hydrogens is 358 g/mol. The third-order valence-corrected chi connectivity index (χ3v) is 4.41. The van der Waals surface area contributed by atoms with E-state index in [1.54, 1.807) is 19.1 Å². The Morgan fingerprint density at radius 1 is 1.15 bits per heavy atom. The number of benzene rings is 2. The Balaban J connectivity index is 2.05. The maximum atomic E-state index is 12.3. The van der Waals surface area contributed by atoms with Gasteiger partial charge in [-0.25, -0.2) is 18.4 Å². The van der Waals surface area contributed by atoms with E-state index in [1.807, 2.05) is 0 Å². The number of anilines is 2. The number of primary sulfonamides is 1. The zero-order valence-corrected chi connectivity index (χ0v) is 14.8. The number of rotatable bonds is 6. The molecule has 0 saturated heterocycles. The van der Waals surface area contributed by atoms with Crippen LogP contribution in [0, 0.1) is 0 Å². The largest absolute Gasteiger partial charge is 0.449 e. The van der Waals surface area contributed by atoms with Gasteiger partial charge in [-0.3, -0.25) is 4.79 Å². The van der Waals surface area contributed by atoms with Crippen LogP contribution in [-0.4, -0.2) is 26.4 Å². The number of nitrogen functional groups attached to an aromatic ring is 1. The van der Waals surface area contributed by atoms with Gasteiger partial charge in [-0.2, -0.15) is 0 Å². The van der Waals surface area contributed by atoms with E-state index in [0.29, 0.717) is 11.4 Å². The Bertz CT molecular complexity index is 910. The average Bonchev–Trinajstić information content (AvgIpc) is 2.59. The second kappa shape index (κ2) is 7.98.